The van der Waals surface area contributed by atoms with Gasteiger partial charge in [-0.2, -0.15) is 9.97 Å². The van der Waals surface area contributed by atoms with Gasteiger partial charge >= 0.3 is 6.01 Å². The van der Waals surface area contributed by atoms with Crippen molar-refractivity contribution < 1.29 is 29.2 Å². The Labute approximate surface area is 153 Å². The van der Waals surface area contributed by atoms with E-state index in [1.807, 2.05) is 0 Å². The molecule has 148 valence electrons. The minimum absolute atomic E-state index is 0.00363. The molecular formula is C16H22FN5O5. The van der Waals surface area contributed by atoms with Gasteiger partial charge in [-0.1, -0.05) is 0 Å². The quantitative estimate of drug-likeness (QED) is 0.534. The number of nitrogens with two attached hydrogens (primary N) is 1. The number of halogens is 1. The smallest absolute Gasteiger partial charge is 0.320 e. The number of hydrogen-bond donors (Lipinski definition) is 4. The lowest BCUT2D eigenvalue weighted by atomic mass is 10.0. The van der Waals surface area contributed by atoms with Crippen LogP contribution in [-0.4, -0.2) is 72.5 Å². The summed E-state index contributed by atoms with van der Waals surface area (Å²) in [7, 11) is 0. The van der Waals surface area contributed by atoms with Gasteiger partial charge in [0.2, 0.25) is 0 Å². The first-order valence-electron chi connectivity index (χ1n) is 8.88. The van der Waals surface area contributed by atoms with E-state index in [9.17, 15) is 19.7 Å². The molecule has 0 bridgehead atoms. The van der Waals surface area contributed by atoms with Gasteiger partial charge in [0.05, 0.1) is 12.9 Å². The molecule has 4 rings (SSSR count). The molecule has 2 aromatic rings. The van der Waals surface area contributed by atoms with Gasteiger partial charge < -0.3 is 30.5 Å². The van der Waals surface area contributed by atoms with Crippen LogP contribution in [0.2, 0.25) is 0 Å². The van der Waals surface area contributed by atoms with Crippen LogP contribution in [0.5, 0.6) is 6.01 Å². The average molecular weight is 383 g/mol. The number of nitrogen functional groups attached to an aromatic ring is 1. The standard InChI is InChI=1S/C16H22FN5O5/c17-5-9-11(24)12(25)16(6-23,27-9)22-7-19-10-13(18)20-15(21-14(10)22)26-8-3-1-2-4-8/h7-9,11-12,23-25H,1-6H2,(H2,18,20,21)/t9-,11-,12-,16?/m1/s1. The predicted molar refractivity (Wildman–Crippen MR) is 90.5 cm³/mol. The Balaban J connectivity index is 1.78. The fourth-order valence-corrected chi connectivity index (χ4v) is 3.79. The summed E-state index contributed by atoms with van der Waals surface area (Å²) in [5.41, 5.74) is 4.48. The first-order valence-corrected chi connectivity index (χ1v) is 8.88. The highest BCUT2D eigenvalue weighted by molar-refractivity contribution is 5.82. The summed E-state index contributed by atoms with van der Waals surface area (Å²) in [6, 6.07) is 0.0526. The fourth-order valence-electron chi connectivity index (χ4n) is 3.79. The van der Waals surface area contributed by atoms with E-state index >= 15 is 0 Å². The zero-order valence-corrected chi connectivity index (χ0v) is 14.5. The lowest BCUT2D eigenvalue weighted by Gasteiger charge is -2.31. The van der Waals surface area contributed by atoms with E-state index < -0.39 is 37.3 Å². The van der Waals surface area contributed by atoms with Crippen molar-refractivity contribution in [1.29, 1.82) is 0 Å². The molecule has 1 saturated carbocycles. The number of fused-ring (bicyclic) bond motifs is 1. The second kappa shape index (κ2) is 6.82. The van der Waals surface area contributed by atoms with Crippen LogP contribution in [-0.2, 0) is 10.5 Å². The Morgan fingerprint density at radius 1 is 1.33 bits per heavy atom. The normalized spacial score (nSPS) is 31.8. The maximum Gasteiger partial charge on any atom is 0.320 e. The molecule has 27 heavy (non-hydrogen) atoms. The zero-order valence-electron chi connectivity index (χ0n) is 14.5. The third-order valence-corrected chi connectivity index (χ3v) is 5.29. The van der Waals surface area contributed by atoms with Crippen molar-refractivity contribution in [2.75, 3.05) is 19.0 Å². The van der Waals surface area contributed by atoms with Crippen LogP contribution in [0.15, 0.2) is 6.33 Å². The molecule has 0 amide bonds. The van der Waals surface area contributed by atoms with Gasteiger partial charge in [0.1, 0.15) is 31.1 Å². The predicted octanol–water partition coefficient (Wildman–Crippen LogP) is -0.535. The van der Waals surface area contributed by atoms with Crippen LogP contribution >= 0.6 is 0 Å². The summed E-state index contributed by atoms with van der Waals surface area (Å²) in [6.07, 6.45) is 0.758. The van der Waals surface area contributed by atoms with Gasteiger partial charge in [-0.3, -0.25) is 4.57 Å². The number of anilines is 1. The molecular weight excluding hydrogens is 361 g/mol. The minimum Gasteiger partial charge on any atom is -0.460 e. The van der Waals surface area contributed by atoms with E-state index in [1.54, 1.807) is 0 Å². The van der Waals surface area contributed by atoms with Crippen LogP contribution in [0.1, 0.15) is 25.7 Å². The number of aromatic nitrogens is 4. The number of aliphatic hydroxyl groups is 3. The van der Waals surface area contributed by atoms with Crippen molar-refractivity contribution in [3.63, 3.8) is 0 Å². The first kappa shape index (κ1) is 18.3. The number of alkyl halides is 1. The van der Waals surface area contributed by atoms with Crippen LogP contribution in [0.3, 0.4) is 0 Å². The maximum atomic E-state index is 13.1. The lowest BCUT2D eigenvalue weighted by molar-refractivity contribution is -0.166. The molecule has 1 aliphatic heterocycles. The van der Waals surface area contributed by atoms with E-state index in [1.165, 1.54) is 10.9 Å². The highest BCUT2D eigenvalue weighted by Crippen LogP contribution is 2.38. The van der Waals surface area contributed by atoms with Crippen molar-refractivity contribution in [2.45, 2.75) is 55.8 Å². The molecule has 11 heteroatoms. The largest absolute Gasteiger partial charge is 0.460 e. The van der Waals surface area contributed by atoms with Crippen LogP contribution < -0.4 is 10.5 Å². The summed E-state index contributed by atoms with van der Waals surface area (Å²) in [4.78, 5) is 12.5. The van der Waals surface area contributed by atoms with Crippen LogP contribution in [0.25, 0.3) is 11.2 Å². The third-order valence-electron chi connectivity index (χ3n) is 5.29. The van der Waals surface area contributed by atoms with E-state index in [0.717, 1.165) is 25.7 Å². The molecule has 5 N–H and O–H groups in total. The van der Waals surface area contributed by atoms with Gasteiger partial charge in [0.25, 0.3) is 0 Å². The van der Waals surface area contributed by atoms with Crippen molar-refractivity contribution in [3.8, 4) is 6.01 Å². The highest BCUT2D eigenvalue weighted by atomic mass is 19.1. The molecule has 1 unspecified atom stereocenters. The Morgan fingerprint density at radius 2 is 2.07 bits per heavy atom. The van der Waals surface area contributed by atoms with Gasteiger partial charge in [0, 0.05) is 0 Å². The number of rotatable bonds is 5. The molecule has 0 spiro atoms. The van der Waals surface area contributed by atoms with E-state index in [0.29, 0.717) is 0 Å². The number of hydrogen-bond acceptors (Lipinski definition) is 9. The monoisotopic (exact) mass is 383 g/mol. The Morgan fingerprint density at radius 3 is 2.70 bits per heavy atom. The van der Waals surface area contributed by atoms with Crippen LogP contribution in [0, 0.1) is 0 Å². The highest BCUT2D eigenvalue weighted by Gasteiger charge is 2.56. The van der Waals surface area contributed by atoms with Gasteiger partial charge in [-0.05, 0) is 25.7 Å². The summed E-state index contributed by atoms with van der Waals surface area (Å²) in [6.45, 7) is -1.77. The van der Waals surface area contributed by atoms with Crippen LogP contribution in [0.4, 0.5) is 10.2 Å². The molecule has 4 atom stereocenters. The van der Waals surface area contributed by atoms with Crippen molar-refractivity contribution in [1.82, 2.24) is 19.5 Å². The van der Waals surface area contributed by atoms with Crippen molar-refractivity contribution >= 4 is 17.0 Å². The molecule has 0 radical (unpaired) electrons. The molecule has 2 aliphatic rings. The molecule has 10 nitrogen and oxygen atoms in total. The average Bonchev–Trinajstić information content (AvgIpc) is 3.37. The summed E-state index contributed by atoms with van der Waals surface area (Å²) in [5.74, 6) is 0.0647. The number of nitrogens with zero attached hydrogens (tertiary/aromatic N) is 4. The minimum atomic E-state index is -1.85. The summed E-state index contributed by atoms with van der Waals surface area (Å²) in [5, 5.41) is 30.4. The SMILES string of the molecule is Nc1nc(OC2CCCC2)nc2c1ncn2C1(CO)O[C@H](CF)[C@@H](O)[C@H]1O. The second-order valence-electron chi connectivity index (χ2n) is 6.95. The molecule has 1 saturated heterocycles. The molecule has 2 fully saturated rings. The maximum absolute atomic E-state index is 13.1. The van der Waals surface area contributed by atoms with E-state index in [-0.39, 0.29) is 29.1 Å². The Hall–Kier alpha value is -2.08. The summed E-state index contributed by atoms with van der Waals surface area (Å²) < 4.78 is 25.7. The Bertz CT molecular complexity index is 829. The molecule has 2 aromatic heterocycles. The second-order valence-corrected chi connectivity index (χ2v) is 6.95. The lowest BCUT2D eigenvalue weighted by Crippen LogP contribution is -2.48. The topological polar surface area (TPSA) is 149 Å². The van der Waals surface area contributed by atoms with Gasteiger partial charge in [0.15, 0.2) is 22.7 Å². The molecule has 1 aliphatic carbocycles. The number of imidazole rings is 1. The fraction of sp³-hybridized carbons (Fsp3) is 0.688. The number of aliphatic hydroxyl groups excluding tert-OH is 3. The van der Waals surface area contributed by atoms with E-state index in [2.05, 4.69) is 15.0 Å². The van der Waals surface area contributed by atoms with E-state index in [4.69, 9.17) is 15.2 Å². The first-order chi connectivity index (χ1) is 13.0. The van der Waals surface area contributed by atoms with Crippen molar-refractivity contribution in [2.24, 2.45) is 0 Å². The van der Waals surface area contributed by atoms with Crippen molar-refractivity contribution in [3.05, 3.63) is 6.33 Å². The van der Waals surface area contributed by atoms with Gasteiger partial charge in [-0.15, -0.1) is 0 Å². The number of ether oxygens (including phenoxy) is 2. The Kier molecular flexibility index (Phi) is 4.62. The van der Waals surface area contributed by atoms with Gasteiger partial charge in [-0.25, -0.2) is 9.37 Å². The molecule has 0 aromatic carbocycles. The summed E-state index contributed by atoms with van der Waals surface area (Å²) >= 11 is 0. The third kappa shape index (κ3) is 2.81. The molecule has 3 heterocycles. The zero-order chi connectivity index (χ0) is 19.2.